The predicted octanol–water partition coefficient (Wildman–Crippen LogP) is 0.852. The van der Waals surface area contributed by atoms with Gasteiger partial charge in [0.25, 0.3) is 10.2 Å². The molecule has 0 saturated carbocycles. The molecule has 0 aromatic heterocycles. The van der Waals surface area contributed by atoms with Crippen molar-refractivity contribution in [1.29, 1.82) is 0 Å². The summed E-state index contributed by atoms with van der Waals surface area (Å²) in [5.41, 5.74) is -0.0411. The third-order valence-electron chi connectivity index (χ3n) is 1.71. The third-order valence-corrected chi connectivity index (χ3v) is 2.26. The Morgan fingerprint density at radius 2 is 1.85 bits per heavy atom. The molecule has 0 spiro atoms. The fraction of sp³-hybridized carbons (Fsp3) is 1.00. The number of rotatable bonds is 5. The van der Waals surface area contributed by atoms with Crippen LogP contribution in [-0.2, 0) is 10.2 Å². The van der Waals surface area contributed by atoms with Gasteiger partial charge in [-0.15, -0.1) is 0 Å². The average molecular weight is 208 g/mol. The van der Waals surface area contributed by atoms with Crippen LogP contribution in [0.1, 0.15) is 34.1 Å². The molecule has 0 fully saturated rings. The lowest BCUT2D eigenvalue weighted by molar-refractivity contribution is 0.288. The van der Waals surface area contributed by atoms with Crippen molar-refractivity contribution in [2.45, 2.75) is 34.1 Å². The Morgan fingerprint density at radius 3 is 2.15 bits per heavy atom. The van der Waals surface area contributed by atoms with Gasteiger partial charge >= 0.3 is 0 Å². The summed E-state index contributed by atoms with van der Waals surface area (Å²) in [6.07, 6.45) is 0.968. The van der Waals surface area contributed by atoms with Gasteiger partial charge < -0.3 is 0 Å². The van der Waals surface area contributed by atoms with Gasteiger partial charge in [-0.25, -0.2) is 9.86 Å². The lowest BCUT2D eigenvalue weighted by atomic mass is 9.84. The lowest BCUT2D eigenvalue weighted by Gasteiger charge is -2.26. The first-order valence-corrected chi connectivity index (χ1v) is 5.94. The van der Waals surface area contributed by atoms with Crippen LogP contribution in [0.15, 0.2) is 0 Å². The first-order chi connectivity index (χ1) is 5.62. The highest BCUT2D eigenvalue weighted by Gasteiger charge is 2.20. The van der Waals surface area contributed by atoms with E-state index in [4.69, 9.17) is 5.14 Å². The van der Waals surface area contributed by atoms with E-state index in [9.17, 15) is 8.42 Å². The number of hydrogen-bond donors (Lipinski definition) is 2. The SMILES string of the molecule is CC(C)CC(C)(C)CNS(N)(=O)=O. The van der Waals surface area contributed by atoms with Gasteiger partial charge in [-0.05, 0) is 17.8 Å². The summed E-state index contributed by atoms with van der Waals surface area (Å²) in [6.45, 7) is 8.65. The maximum atomic E-state index is 10.6. The summed E-state index contributed by atoms with van der Waals surface area (Å²) in [7, 11) is -3.54. The molecule has 0 saturated heterocycles. The summed E-state index contributed by atoms with van der Waals surface area (Å²) >= 11 is 0. The summed E-state index contributed by atoms with van der Waals surface area (Å²) in [5, 5.41) is 4.83. The Labute approximate surface area is 81.1 Å². The number of nitrogens with one attached hydrogen (secondary N) is 1. The molecule has 0 rings (SSSR count). The highest BCUT2D eigenvalue weighted by Crippen LogP contribution is 2.23. The summed E-state index contributed by atoms with van der Waals surface area (Å²) in [5.74, 6) is 0.553. The smallest absolute Gasteiger partial charge is 0.216 e. The van der Waals surface area contributed by atoms with E-state index in [0.29, 0.717) is 12.5 Å². The molecule has 4 nitrogen and oxygen atoms in total. The molecule has 13 heavy (non-hydrogen) atoms. The van der Waals surface area contributed by atoms with Gasteiger partial charge in [0.2, 0.25) is 0 Å². The van der Waals surface area contributed by atoms with Crippen molar-refractivity contribution >= 4 is 10.2 Å². The maximum absolute atomic E-state index is 10.6. The number of nitrogens with two attached hydrogens (primary N) is 1. The molecule has 0 heterocycles. The fourth-order valence-electron chi connectivity index (χ4n) is 1.47. The van der Waals surface area contributed by atoms with Gasteiger partial charge in [0.05, 0.1) is 0 Å². The van der Waals surface area contributed by atoms with Gasteiger partial charge in [0.1, 0.15) is 0 Å². The minimum absolute atomic E-state index is 0.0411. The fourth-order valence-corrected chi connectivity index (χ4v) is 2.07. The second-order valence-electron chi connectivity index (χ2n) is 4.63. The Kier molecular flexibility index (Phi) is 4.35. The van der Waals surface area contributed by atoms with E-state index in [1.807, 2.05) is 13.8 Å². The van der Waals surface area contributed by atoms with Crippen LogP contribution in [0.2, 0.25) is 0 Å². The van der Waals surface area contributed by atoms with Crippen molar-refractivity contribution in [2.75, 3.05) is 6.54 Å². The van der Waals surface area contributed by atoms with Crippen LogP contribution in [0.3, 0.4) is 0 Å². The van der Waals surface area contributed by atoms with E-state index in [2.05, 4.69) is 18.6 Å². The topological polar surface area (TPSA) is 72.2 Å². The first kappa shape index (κ1) is 12.9. The molecule has 0 aliphatic rings. The van der Waals surface area contributed by atoms with Gasteiger partial charge in [-0.1, -0.05) is 27.7 Å². The van der Waals surface area contributed by atoms with E-state index in [1.165, 1.54) is 0 Å². The Hall–Kier alpha value is -0.130. The quantitative estimate of drug-likeness (QED) is 0.703. The molecule has 0 aromatic carbocycles. The number of hydrogen-bond acceptors (Lipinski definition) is 2. The second-order valence-corrected chi connectivity index (χ2v) is 6.01. The van der Waals surface area contributed by atoms with E-state index in [-0.39, 0.29) is 5.41 Å². The zero-order chi connectivity index (χ0) is 10.7. The van der Waals surface area contributed by atoms with Gasteiger partial charge in [-0.2, -0.15) is 8.42 Å². The predicted molar refractivity (Wildman–Crippen MR) is 54.3 cm³/mol. The minimum Gasteiger partial charge on any atom is -0.216 e. The Bertz CT molecular complexity index is 245. The molecule has 0 aliphatic heterocycles. The molecule has 0 bridgehead atoms. The molecule has 80 valence electrons. The van der Waals surface area contributed by atoms with Crippen molar-refractivity contribution in [3.8, 4) is 0 Å². The van der Waals surface area contributed by atoms with Gasteiger partial charge in [0.15, 0.2) is 0 Å². The van der Waals surface area contributed by atoms with Crippen molar-refractivity contribution in [2.24, 2.45) is 16.5 Å². The van der Waals surface area contributed by atoms with Crippen LogP contribution in [-0.4, -0.2) is 15.0 Å². The molecule has 0 unspecified atom stereocenters. The first-order valence-electron chi connectivity index (χ1n) is 4.40. The summed E-state index contributed by atoms with van der Waals surface area (Å²) in [6, 6.07) is 0. The molecule has 0 aliphatic carbocycles. The summed E-state index contributed by atoms with van der Waals surface area (Å²) < 4.78 is 23.6. The minimum atomic E-state index is -3.54. The maximum Gasteiger partial charge on any atom is 0.274 e. The second kappa shape index (κ2) is 4.39. The molecule has 5 heteroatoms. The monoisotopic (exact) mass is 208 g/mol. The third kappa shape index (κ3) is 8.21. The molecule has 3 N–H and O–H groups in total. The van der Waals surface area contributed by atoms with Crippen LogP contribution in [0.5, 0.6) is 0 Å². The van der Waals surface area contributed by atoms with Crippen molar-refractivity contribution in [3.05, 3.63) is 0 Å². The van der Waals surface area contributed by atoms with E-state index < -0.39 is 10.2 Å². The van der Waals surface area contributed by atoms with E-state index in [1.54, 1.807) is 0 Å². The molecule has 0 aromatic rings. The largest absolute Gasteiger partial charge is 0.274 e. The van der Waals surface area contributed by atoms with Crippen molar-refractivity contribution in [1.82, 2.24) is 4.72 Å². The standard InChI is InChI=1S/C8H20N2O2S/c1-7(2)5-8(3,4)6-10-13(9,11)12/h7,10H,5-6H2,1-4H3,(H2,9,11,12). The van der Waals surface area contributed by atoms with E-state index >= 15 is 0 Å². The Balaban J connectivity index is 4.04. The lowest BCUT2D eigenvalue weighted by Crippen LogP contribution is -2.38. The van der Waals surface area contributed by atoms with Crippen LogP contribution < -0.4 is 9.86 Å². The molecule has 0 radical (unpaired) electrons. The van der Waals surface area contributed by atoms with Crippen molar-refractivity contribution in [3.63, 3.8) is 0 Å². The molecule has 0 amide bonds. The highest BCUT2D eigenvalue weighted by atomic mass is 32.2. The average Bonchev–Trinajstić information content (AvgIpc) is 1.79. The zero-order valence-electron chi connectivity index (χ0n) is 8.79. The van der Waals surface area contributed by atoms with Crippen LogP contribution in [0.25, 0.3) is 0 Å². The van der Waals surface area contributed by atoms with Crippen LogP contribution in [0.4, 0.5) is 0 Å². The molecule has 0 atom stereocenters. The van der Waals surface area contributed by atoms with Crippen LogP contribution in [0, 0.1) is 11.3 Å². The molecular formula is C8H20N2O2S. The van der Waals surface area contributed by atoms with Gasteiger partial charge in [-0.3, -0.25) is 0 Å². The molecular weight excluding hydrogens is 188 g/mol. The highest BCUT2D eigenvalue weighted by molar-refractivity contribution is 7.87. The zero-order valence-corrected chi connectivity index (χ0v) is 9.61. The van der Waals surface area contributed by atoms with Gasteiger partial charge in [0, 0.05) is 6.54 Å². The Morgan fingerprint density at radius 1 is 1.38 bits per heavy atom. The van der Waals surface area contributed by atoms with Crippen LogP contribution >= 0.6 is 0 Å². The van der Waals surface area contributed by atoms with E-state index in [0.717, 1.165) is 6.42 Å². The van der Waals surface area contributed by atoms with Crippen molar-refractivity contribution < 1.29 is 8.42 Å². The summed E-state index contributed by atoms with van der Waals surface area (Å²) in [4.78, 5) is 0. The normalized spacial score (nSPS) is 13.7.